The van der Waals surface area contributed by atoms with Gasteiger partial charge in [-0.1, -0.05) is 6.07 Å². The molecule has 5 rings (SSSR count). The molecule has 1 unspecified atom stereocenters. The first kappa shape index (κ1) is 27.4. The van der Waals surface area contributed by atoms with Gasteiger partial charge in [0.1, 0.15) is 11.6 Å². The van der Waals surface area contributed by atoms with E-state index in [0.29, 0.717) is 29.8 Å². The van der Waals surface area contributed by atoms with E-state index in [-0.39, 0.29) is 17.9 Å². The van der Waals surface area contributed by atoms with Gasteiger partial charge in [-0.2, -0.15) is 0 Å². The van der Waals surface area contributed by atoms with Crippen molar-refractivity contribution in [3.05, 3.63) is 53.2 Å². The predicted molar refractivity (Wildman–Crippen MR) is 153 cm³/mol. The molecule has 0 saturated carbocycles. The second-order valence-corrected chi connectivity index (χ2v) is 11.2. The number of pyridine rings is 1. The smallest absolute Gasteiger partial charge is 0.252 e. The molecule has 3 atom stereocenters. The van der Waals surface area contributed by atoms with Gasteiger partial charge < -0.3 is 30.1 Å². The van der Waals surface area contributed by atoms with E-state index in [4.69, 9.17) is 4.74 Å². The molecule has 4 heterocycles. The van der Waals surface area contributed by atoms with E-state index in [0.717, 1.165) is 82.0 Å². The SMILES string of the molecule is COc1cccc(C(=O)NC2C[C@H]3CC[C@@H](C2)N3c2ccc(C(=O)NCCCN3CCN(C)CC3)cn2)c1C. The van der Waals surface area contributed by atoms with Gasteiger partial charge in [0, 0.05) is 68.2 Å². The molecule has 1 aromatic heterocycles. The van der Waals surface area contributed by atoms with Gasteiger partial charge in [0.05, 0.1) is 12.7 Å². The minimum Gasteiger partial charge on any atom is -0.496 e. The van der Waals surface area contributed by atoms with Crippen LogP contribution < -0.4 is 20.3 Å². The van der Waals surface area contributed by atoms with Crippen LogP contribution in [0.25, 0.3) is 0 Å². The van der Waals surface area contributed by atoms with Gasteiger partial charge in [-0.15, -0.1) is 0 Å². The number of anilines is 1. The summed E-state index contributed by atoms with van der Waals surface area (Å²) in [5.41, 5.74) is 2.13. The molecule has 2 N–H and O–H groups in total. The van der Waals surface area contributed by atoms with Crippen molar-refractivity contribution >= 4 is 17.6 Å². The first-order valence-electron chi connectivity index (χ1n) is 14.3. The fourth-order valence-corrected chi connectivity index (χ4v) is 6.36. The number of hydrogen-bond acceptors (Lipinski definition) is 7. The van der Waals surface area contributed by atoms with Crippen molar-refractivity contribution in [2.75, 3.05) is 58.3 Å². The second-order valence-electron chi connectivity index (χ2n) is 11.2. The van der Waals surface area contributed by atoms with E-state index in [1.54, 1.807) is 13.3 Å². The van der Waals surface area contributed by atoms with Crippen LogP contribution in [-0.2, 0) is 0 Å². The number of piperazine rings is 1. The van der Waals surface area contributed by atoms with Crippen molar-refractivity contribution in [3.8, 4) is 5.75 Å². The minimum atomic E-state index is -0.0651. The maximum atomic E-state index is 13.0. The number of hydrogen-bond donors (Lipinski definition) is 2. The van der Waals surface area contributed by atoms with Crippen molar-refractivity contribution in [1.29, 1.82) is 0 Å². The lowest BCUT2D eigenvalue weighted by atomic mass is 9.96. The van der Waals surface area contributed by atoms with Gasteiger partial charge >= 0.3 is 0 Å². The normalized spacial score (nSPS) is 23.5. The lowest BCUT2D eigenvalue weighted by Crippen LogP contribution is -2.50. The molecule has 3 aliphatic heterocycles. The highest BCUT2D eigenvalue weighted by atomic mass is 16.5. The van der Waals surface area contributed by atoms with E-state index in [9.17, 15) is 9.59 Å². The number of benzene rings is 1. The van der Waals surface area contributed by atoms with Crippen LogP contribution in [0.2, 0.25) is 0 Å². The first-order valence-corrected chi connectivity index (χ1v) is 14.3. The Morgan fingerprint density at radius 3 is 2.44 bits per heavy atom. The van der Waals surface area contributed by atoms with Gasteiger partial charge in [0.25, 0.3) is 11.8 Å². The summed E-state index contributed by atoms with van der Waals surface area (Å²) in [6.07, 6.45) is 6.61. The molecule has 3 aliphatic rings. The van der Waals surface area contributed by atoms with Crippen LogP contribution in [0.1, 0.15) is 58.4 Å². The number of amides is 2. The Labute approximate surface area is 231 Å². The first-order chi connectivity index (χ1) is 18.9. The topological polar surface area (TPSA) is 90.0 Å². The van der Waals surface area contributed by atoms with Crippen molar-refractivity contribution < 1.29 is 14.3 Å². The Balaban J connectivity index is 1.11. The summed E-state index contributed by atoms with van der Waals surface area (Å²) in [5, 5.41) is 6.32. The van der Waals surface area contributed by atoms with Gasteiger partial charge in [-0.25, -0.2) is 4.98 Å². The number of fused-ring (bicyclic) bond motifs is 2. The van der Waals surface area contributed by atoms with Crippen LogP contribution in [0.3, 0.4) is 0 Å². The molecular formula is C30H42N6O3. The zero-order chi connectivity index (χ0) is 27.4. The summed E-state index contributed by atoms with van der Waals surface area (Å²) in [6, 6.07) is 10.3. The number of nitrogens with one attached hydrogen (secondary N) is 2. The van der Waals surface area contributed by atoms with E-state index < -0.39 is 0 Å². The molecule has 9 heteroatoms. The number of aromatic nitrogens is 1. The third-order valence-corrected chi connectivity index (χ3v) is 8.62. The number of likely N-dealkylation sites (N-methyl/N-ethyl adjacent to an activating group) is 1. The third kappa shape index (κ3) is 6.36. The second kappa shape index (κ2) is 12.3. The molecule has 0 spiro atoms. The Kier molecular flexibility index (Phi) is 8.67. The summed E-state index contributed by atoms with van der Waals surface area (Å²) in [5.74, 6) is 1.54. The van der Waals surface area contributed by atoms with Crippen LogP contribution in [0.4, 0.5) is 5.82 Å². The number of carbonyl (C=O) groups excluding carboxylic acids is 2. The van der Waals surface area contributed by atoms with Gasteiger partial charge in [-0.3, -0.25) is 9.59 Å². The number of rotatable bonds is 9. The zero-order valence-corrected chi connectivity index (χ0v) is 23.5. The highest BCUT2D eigenvalue weighted by Crippen LogP contribution is 2.38. The number of ether oxygens (including phenoxy) is 1. The largest absolute Gasteiger partial charge is 0.496 e. The highest BCUT2D eigenvalue weighted by molar-refractivity contribution is 5.96. The maximum absolute atomic E-state index is 13.0. The highest BCUT2D eigenvalue weighted by Gasteiger charge is 2.42. The molecular weight excluding hydrogens is 492 g/mol. The molecule has 2 amide bonds. The summed E-state index contributed by atoms with van der Waals surface area (Å²) in [6.45, 7) is 8.04. The quantitative estimate of drug-likeness (QED) is 0.478. The molecule has 1 aromatic carbocycles. The Hall–Kier alpha value is -3.17. The monoisotopic (exact) mass is 534 g/mol. The number of methoxy groups -OCH3 is 1. The Morgan fingerprint density at radius 1 is 1.03 bits per heavy atom. The van der Waals surface area contributed by atoms with E-state index >= 15 is 0 Å². The predicted octanol–water partition coefficient (Wildman–Crippen LogP) is 2.70. The van der Waals surface area contributed by atoms with Crippen molar-refractivity contribution in [2.45, 2.75) is 57.2 Å². The van der Waals surface area contributed by atoms with Gasteiger partial charge in [0.2, 0.25) is 0 Å². The minimum absolute atomic E-state index is 0.0405. The zero-order valence-electron chi connectivity index (χ0n) is 23.5. The molecule has 3 fully saturated rings. The van der Waals surface area contributed by atoms with Gasteiger partial charge in [0.15, 0.2) is 0 Å². The summed E-state index contributed by atoms with van der Waals surface area (Å²) in [7, 11) is 3.79. The lowest BCUT2D eigenvalue weighted by molar-refractivity contribution is 0.0923. The molecule has 2 bridgehead atoms. The number of nitrogens with zero attached hydrogens (tertiary/aromatic N) is 4. The summed E-state index contributed by atoms with van der Waals surface area (Å²) >= 11 is 0. The van der Waals surface area contributed by atoms with Crippen molar-refractivity contribution in [1.82, 2.24) is 25.4 Å². The molecule has 0 radical (unpaired) electrons. The molecule has 39 heavy (non-hydrogen) atoms. The summed E-state index contributed by atoms with van der Waals surface area (Å²) in [4.78, 5) is 37.6. The van der Waals surface area contributed by atoms with E-state index in [1.165, 1.54) is 0 Å². The van der Waals surface area contributed by atoms with Crippen LogP contribution in [0, 0.1) is 6.92 Å². The average Bonchev–Trinajstić information content (AvgIpc) is 3.22. The van der Waals surface area contributed by atoms with Crippen LogP contribution in [0.5, 0.6) is 5.75 Å². The van der Waals surface area contributed by atoms with Crippen LogP contribution in [0.15, 0.2) is 36.5 Å². The standard InChI is InChI=1S/C30H42N6O3/c1-21-26(6-4-7-27(21)39-3)30(38)33-23-18-24-9-10-25(19-23)36(24)28-11-8-22(20-32-28)29(37)31-12-5-13-35-16-14-34(2)15-17-35/h4,6-8,11,20,23-25H,5,9-10,12-19H2,1-3H3,(H,31,37)(H,33,38)/t23?,24-,25+. The third-order valence-electron chi connectivity index (χ3n) is 8.62. The van der Waals surface area contributed by atoms with E-state index in [1.807, 2.05) is 37.3 Å². The van der Waals surface area contributed by atoms with Crippen molar-refractivity contribution in [3.63, 3.8) is 0 Å². The Morgan fingerprint density at radius 2 is 1.77 bits per heavy atom. The molecule has 210 valence electrons. The van der Waals surface area contributed by atoms with E-state index in [2.05, 4.69) is 37.4 Å². The van der Waals surface area contributed by atoms with Crippen molar-refractivity contribution in [2.24, 2.45) is 0 Å². The van der Waals surface area contributed by atoms with Gasteiger partial charge in [-0.05, 0) is 76.9 Å². The lowest BCUT2D eigenvalue weighted by Gasteiger charge is -2.40. The molecule has 2 aromatic rings. The molecule has 0 aliphatic carbocycles. The number of piperidine rings is 1. The fourth-order valence-electron chi connectivity index (χ4n) is 6.36. The molecule has 9 nitrogen and oxygen atoms in total. The molecule has 3 saturated heterocycles. The average molecular weight is 535 g/mol. The fraction of sp³-hybridized carbons (Fsp3) is 0.567. The Bertz CT molecular complexity index is 1130. The maximum Gasteiger partial charge on any atom is 0.252 e. The van der Waals surface area contributed by atoms with Crippen LogP contribution >= 0.6 is 0 Å². The van der Waals surface area contributed by atoms with Crippen LogP contribution in [-0.4, -0.2) is 98.1 Å². The summed E-state index contributed by atoms with van der Waals surface area (Å²) < 4.78 is 5.38. The number of carbonyl (C=O) groups is 2.